The molecule has 0 radical (unpaired) electrons. The van der Waals surface area contributed by atoms with Crippen molar-refractivity contribution in [1.82, 2.24) is 10.1 Å². The minimum Gasteiger partial charge on any atom is -0.507 e. The smallest absolute Gasteiger partial charge is 0.258 e. The quantitative estimate of drug-likeness (QED) is 0.465. The molecule has 2 aromatic carbocycles. The molecule has 7 nitrogen and oxygen atoms in total. The van der Waals surface area contributed by atoms with Gasteiger partial charge in [0, 0.05) is 5.56 Å². The van der Waals surface area contributed by atoms with Crippen LogP contribution >= 0.6 is 0 Å². The number of amides is 1. The Kier molecular flexibility index (Phi) is 7.31. The Morgan fingerprint density at radius 2 is 1.79 bits per heavy atom. The average molecular weight is 404 g/mol. The number of benzene rings is 2. The number of nitrogens with zero attached hydrogens (tertiary/aromatic N) is 1. The Morgan fingerprint density at radius 1 is 1.14 bits per heavy atom. The summed E-state index contributed by atoms with van der Waals surface area (Å²) in [4.78, 5) is 12.6. The van der Waals surface area contributed by atoms with Gasteiger partial charge >= 0.3 is 0 Å². The number of aryl methyl sites for hydroxylation is 1. The molecular weight excluding hydrogens is 378 g/mol. The molecule has 150 valence electrons. The maximum absolute atomic E-state index is 12.6. The summed E-state index contributed by atoms with van der Waals surface area (Å²) in [6, 6.07) is 11.9. The van der Waals surface area contributed by atoms with Crippen molar-refractivity contribution in [2.45, 2.75) is 38.1 Å². The van der Waals surface area contributed by atoms with Crippen LogP contribution in [0, 0.1) is 12.8 Å². The number of nitrogens with one attached hydrogen (secondary N) is 2. The summed E-state index contributed by atoms with van der Waals surface area (Å²) in [5.74, 6) is -0.464. The summed E-state index contributed by atoms with van der Waals surface area (Å²) in [6.45, 7) is 5.65. The lowest BCUT2D eigenvalue weighted by atomic mass is 10.0. The highest BCUT2D eigenvalue weighted by Crippen LogP contribution is 2.14. The van der Waals surface area contributed by atoms with Crippen molar-refractivity contribution < 1.29 is 18.3 Å². The second-order valence-corrected chi connectivity index (χ2v) is 8.62. The number of para-hydroxylation sites is 1. The van der Waals surface area contributed by atoms with Crippen LogP contribution < -0.4 is 10.1 Å². The zero-order valence-corrected chi connectivity index (χ0v) is 16.9. The van der Waals surface area contributed by atoms with Gasteiger partial charge in [-0.25, -0.2) is 13.8 Å². The summed E-state index contributed by atoms with van der Waals surface area (Å²) >= 11 is 0. The number of phenolic OH excluding ortho intramolecular Hbond substituents is 1. The van der Waals surface area contributed by atoms with E-state index >= 15 is 0 Å². The maximum atomic E-state index is 12.6. The molecule has 1 atom stereocenters. The van der Waals surface area contributed by atoms with Crippen molar-refractivity contribution >= 4 is 22.1 Å². The first-order chi connectivity index (χ1) is 13.2. The van der Waals surface area contributed by atoms with Crippen molar-refractivity contribution in [3.05, 3.63) is 59.7 Å². The standard InChI is InChI=1S/C20H25N3O4S/c1-14(2)12-18(23-28(26,27)17-10-8-15(3)9-11-17)20(25)22-21-13-16-6-4-5-7-19(16)24/h4-11,13-14,18,23-24H,12H2,1-3H3,(H,22,25)/b21-13-/t18-/m0/s1. The highest BCUT2D eigenvalue weighted by Gasteiger charge is 2.26. The molecule has 0 unspecified atom stereocenters. The van der Waals surface area contributed by atoms with Crippen LogP contribution in [0.25, 0.3) is 0 Å². The Hall–Kier alpha value is -2.71. The largest absolute Gasteiger partial charge is 0.507 e. The highest BCUT2D eigenvalue weighted by molar-refractivity contribution is 7.89. The van der Waals surface area contributed by atoms with E-state index in [-0.39, 0.29) is 16.6 Å². The Bertz CT molecular complexity index is 938. The van der Waals surface area contributed by atoms with E-state index in [4.69, 9.17) is 0 Å². The molecule has 8 heteroatoms. The van der Waals surface area contributed by atoms with Crippen LogP contribution in [-0.4, -0.2) is 31.7 Å². The number of rotatable bonds is 8. The van der Waals surface area contributed by atoms with E-state index < -0.39 is 22.0 Å². The number of sulfonamides is 1. The van der Waals surface area contributed by atoms with Crippen molar-refractivity contribution in [2.75, 3.05) is 0 Å². The Labute approximate surface area is 165 Å². The normalized spacial score (nSPS) is 13.0. The first-order valence-electron chi connectivity index (χ1n) is 8.89. The molecule has 1 amide bonds. The summed E-state index contributed by atoms with van der Waals surface area (Å²) in [6.07, 6.45) is 1.61. The van der Waals surface area contributed by atoms with Crippen LogP contribution in [0.1, 0.15) is 31.4 Å². The van der Waals surface area contributed by atoms with Gasteiger partial charge in [-0.05, 0) is 43.5 Å². The minimum atomic E-state index is -3.85. The van der Waals surface area contributed by atoms with Crippen LogP contribution in [0.4, 0.5) is 0 Å². The Balaban J connectivity index is 2.12. The minimum absolute atomic E-state index is 0.0271. The molecule has 2 aromatic rings. The van der Waals surface area contributed by atoms with E-state index in [2.05, 4.69) is 15.2 Å². The first kappa shape index (κ1) is 21.6. The van der Waals surface area contributed by atoms with Crippen molar-refractivity contribution in [3.63, 3.8) is 0 Å². The fraction of sp³-hybridized carbons (Fsp3) is 0.300. The van der Waals surface area contributed by atoms with E-state index in [1.165, 1.54) is 24.4 Å². The average Bonchev–Trinajstić information content (AvgIpc) is 2.62. The molecule has 3 N–H and O–H groups in total. The molecule has 0 heterocycles. The SMILES string of the molecule is Cc1ccc(S(=O)(=O)N[C@@H](CC(C)C)C(=O)N/N=C\c2ccccc2O)cc1. The maximum Gasteiger partial charge on any atom is 0.258 e. The summed E-state index contributed by atoms with van der Waals surface area (Å²) in [5.41, 5.74) is 3.71. The van der Waals surface area contributed by atoms with Gasteiger partial charge in [-0.1, -0.05) is 43.7 Å². The van der Waals surface area contributed by atoms with E-state index in [1.54, 1.807) is 30.3 Å². The predicted molar refractivity (Wildman–Crippen MR) is 109 cm³/mol. The molecule has 0 aliphatic carbocycles. The summed E-state index contributed by atoms with van der Waals surface area (Å²) < 4.78 is 27.7. The van der Waals surface area contributed by atoms with Gasteiger partial charge in [-0.15, -0.1) is 0 Å². The molecule has 0 aliphatic rings. The molecule has 0 aromatic heterocycles. The fourth-order valence-electron chi connectivity index (χ4n) is 2.49. The third-order valence-electron chi connectivity index (χ3n) is 3.97. The van der Waals surface area contributed by atoms with Gasteiger partial charge in [-0.3, -0.25) is 4.79 Å². The molecule has 0 aliphatic heterocycles. The fourth-order valence-corrected chi connectivity index (χ4v) is 3.70. The third-order valence-corrected chi connectivity index (χ3v) is 5.46. The number of carbonyl (C=O) groups is 1. The van der Waals surface area contributed by atoms with E-state index in [1.807, 2.05) is 20.8 Å². The third kappa shape index (κ3) is 6.17. The first-order valence-corrected chi connectivity index (χ1v) is 10.4. The van der Waals surface area contributed by atoms with Crippen molar-refractivity contribution in [2.24, 2.45) is 11.0 Å². The zero-order chi connectivity index (χ0) is 20.7. The lowest BCUT2D eigenvalue weighted by Crippen LogP contribution is -2.46. The van der Waals surface area contributed by atoms with Gasteiger partial charge in [0.05, 0.1) is 11.1 Å². The highest BCUT2D eigenvalue weighted by atomic mass is 32.2. The molecule has 0 fully saturated rings. The van der Waals surface area contributed by atoms with Gasteiger partial charge < -0.3 is 5.11 Å². The molecule has 0 spiro atoms. The van der Waals surface area contributed by atoms with Crippen LogP contribution in [0.2, 0.25) is 0 Å². The second kappa shape index (κ2) is 9.48. The van der Waals surface area contributed by atoms with E-state index in [0.29, 0.717) is 12.0 Å². The van der Waals surface area contributed by atoms with Gasteiger partial charge in [0.1, 0.15) is 11.8 Å². The topological polar surface area (TPSA) is 108 Å². The van der Waals surface area contributed by atoms with Gasteiger partial charge in [0.15, 0.2) is 0 Å². The number of carbonyl (C=O) groups excluding carboxylic acids is 1. The monoisotopic (exact) mass is 403 g/mol. The number of hydrazone groups is 1. The van der Waals surface area contributed by atoms with E-state index in [0.717, 1.165) is 5.56 Å². The van der Waals surface area contributed by atoms with Crippen molar-refractivity contribution in [1.29, 1.82) is 0 Å². The molecule has 0 saturated heterocycles. The molecule has 0 saturated carbocycles. The zero-order valence-electron chi connectivity index (χ0n) is 16.1. The van der Waals surface area contributed by atoms with Gasteiger partial charge in [0.2, 0.25) is 10.0 Å². The van der Waals surface area contributed by atoms with Crippen LogP contribution in [0.3, 0.4) is 0 Å². The summed E-state index contributed by atoms with van der Waals surface area (Å²) in [5, 5.41) is 13.5. The number of hydrogen-bond donors (Lipinski definition) is 3. The lowest BCUT2D eigenvalue weighted by Gasteiger charge is -2.19. The number of aromatic hydroxyl groups is 1. The van der Waals surface area contributed by atoms with Gasteiger partial charge in [0.25, 0.3) is 5.91 Å². The van der Waals surface area contributed by atoms with Crippen LogP contribution in [0.5, 0.6) is 5.75 Å². The molecule has 28 heavy (non-hydrogen) atoms. The van der Waals surface area contributed by atoms with Crippen LogP contribution in [-0.2, 0) is 14.8 Å². The number of phenols is 1. The second-order valence-electron chi connectivity index (χ2n) is 6.91. The lowest BCUT2D eigenvalue weighted by molar-refractivity contribution is -0.123. The molecular formula is C20H25N3O4S. The molecule has 0 bridgehead atoms. The summed E-state index contributed by atoms with van der Waals surface area (Å²) in [7, 11) is -3.85. The van der Waals surface area contributed by atoms with Gasteiger partial charge in [-0.2, -0.15) is 9.82 Å². The number of hydrogen-bond acceptors (Lipinski definition) is 5. The van der Waals surface area contributed by atoms with E-state index in [9.17, 15) is 18.3 Å². The predicted octanol–water partition coefficient (Wildman–Crippen LogP) is 2.54. The van der Waals surface area contributed by atoms with Crippen LogP contribution in [0.15, 0.2) is 58.5 Å². The van der Waals surface area contributed by atoms with Crippen molar-refractivity contribution in [3.8, 4) is 5.75 Å². The Morgan fingerprint density at radius 3 is 2.39 bits per heavy atom. The molecule has 2 rings (SSSR count).